The second-order valence-corrected chi connectivity index (χ2v) is 11.4. The minimum absolute atomic E-state index is 0.0376. The first kappa shape index (κ1) is 24.6. The van der Waals surface area contributed by atoms with Gasteiger partial charge in [-0.2, -0.15) is 0 Å². The Morgan fingerprint density at radius 3 is 2.30 bits per heavy atom. The van der Waals surface area contributed by atoms with Crippen molar-refractivity contribution < 1.29 is 21.6 Å². The lowest BCUT2D eigenvalue weighted by Crippen LogP contribution is -2.24. The summed E-state index contributed by atoms with van der Waals surface area (Å²) in [6.45, 7) is 1.76. The van der Waals surface area contributed by atoms with E-state index in [2.05, 4.69) is 10.0 Å². The number of carbonyl (C=O) groups excluding carboxylic acids is 1. The molecule has 3 rings (SSSR count). The Morgan fingerprint density at radius 1 is 0.939 bits per heavy atom. The van der Waals surface area contributed by atoms with Gasteiger partial charge < -0.3 is 5.32 Å². The lowest BCUT2D eigenvalue weighted by atomic mass is 10.2. The average Bonchev–Trinajstić information content (AvgIpc) is 2.74. The molecular weight excluding hydrogens is 486 g/mol. The van der Waals surface area contributed by atoms with Crippen molar-refractivity contribution >= 4 is 54.6 Å². The van der Waals surface area contributed by atoms with Crippen LogP contribution in [0.3, 0.4) is 0 Å². The fraction of sp³-hybridized carbons (Fsp3) is 0.136. The lowest BCUT2D eigenvalue weighted by molar-refractivity contribution is 0.102. The zero-order valence-electron chi connectivity index (χ0n) is 18.0. The molecule has 3 aromatic carbocycles. The van der Waals surface area contributed by atoms with Crippen molar-refractivity contribution in [3.8, 4) is 0 Å². The van der Waals surface area contributed by atoms with Gasteiger partial charge in [0, 0.05) is 18.3 Å². The number of hydrogen-bond acceptors (Lipinski definition) is 5. The Kier molecular flexibility index (Phi) is 7.01. The van der Waals surface area contributed by atoms with Crippen molar-refractivity contribution in [2.24, 2.45) is 0 Å². The molecule has 0 atom stereocenters. The molecule has 174 valence electrons. The maximum absolute atomic E-state index is 12.9. The summed E-state index contributed by atoms with van der Waals surface area (Å²) in [6, 6.07) is 17.0. The number of nitrogens with zero attached hydrogens (tertiary/aromatic N) is 1. The monoisotopic (exact) mass is 507 g/mol. The van der Waals surface area contributed by atoms with E-state index in [1.807, 2.05) is 0 Å². The number of amides is 1. The lowest BCUT2D eigenvalue weighted by Gasteiger charge is -2.17. The SMILES string of the molecule is Cc1ccccc1NS(=O)(=O)c1cc(C(=O)Nc2cccc(N(C)S(C)(=O)=O)c2)ccc1Cl. The summed E-state index contributed by atoms with van der Waals surface area (Å²) in [5.41, 5.74) is 1.88. The Balaban J connectivity index is 1.88. The standard InChI is InChI=1S/C22H22ClN3O5S2/c1-15-7-4-5-10-20(15)25-33(30,31)21-13-16(11-12-19(21)23)22(27)24-17-8-6-9-18(14-17)26(2)32(3,28)29/h4-14,25H,1-3H3,(H,24,27). The van der Waals surface area contributed by atoms with Crippen LogP contribution in [0.4, 0.5) is 17.1 Å². The van der Waals surface area contributed by atoms with E-state index in [1.54, 1.807) is 49.4 Å². The summed E-state index contributed by atoms with van der Waals surface area (Å²) in [6.07, 6.45) is 1.07. The number of benzene rings is 3. The molecule has 0 unspecified atom stereocenters. The van der Waals surface area contributed by atoms with Gasteiger partial charge in [-0.25, -0.2) is 16.8 Å². The van der Waals surface area contributed by atoms with Crippen LogP contribution in [0.1, 0.15) is 15.9 Å². The number of sulfonamides is 2. The number of carbonyl (C=O) groups is 1. The highest BCUT2D eigenvalue weighted by Crippen LogP contribution is 2.27. The number of aryl methyl sites for hydroxylation is 1. The van der Waals surface area contributed by atoms with E-state index in [1.165, 1.54) is 31.3 Å². The van der Waals surface area contributed by atoms with E-state index in [0.29, 0.717) is 17.1 Å². The summed E-state index contributed by atoms with van der Waals surface area (Å²) < 4.78 is 53.0. The highest BCUT2D eigenvalue weighted by molar-refractivity contribution is 7.93. The molecule has 33 heavy (non-hydrogen) atoms. The molecule has 8 nitrogen and oxygen atoms in total. The van der Waals surface area contributed by atoms with Crippen LogP contribution >= 0.6 is 11.6 Å². The smallest absolute Gasteiger partial charge is 0.263 e. The predicted octanol–water partition coefficient (Wildman–Crippen LogP) is 4.10. The normalized spacial score (nSPS) is 11.6. The van der Waals surface area contributed by atoms with Gasteiger partial charge in [0.2, 0.25) is 10.0 Å². The van der Waals surface area contributed by atoms with Gasteiger partial charge in [0.25, 0.3) is 15.9 Å². The molecule has 0 heterocycles. The van der Waals surface area contributed by atoms with Gasteiger partial charge in [-0.1, -0.05) is 35.9 Å². The molecule has 0 fully saturated rings. The van der Waals surface area contributed by atoms with Crippen molar-refractivity contribution in [2.45, 2.75) is 11.8 Å². The molecule has 11 heteroatoms. The third-order valence-electron chi connectivity index (χ3n) is 4.84. The molecule has 0 aliphatic rings. The fourth-order valence-electron chi connectivity index (χ4n) is 2.91. The summed E-state index contributed by atoms with van der Waals surface area (Å²) in [7, 11) is -6.14. The first-order valence-corrected chi connectivity index (χ1v) is 13.3. The average molecular weight is 508 g/mol. The Labute approximate surface area is 198 Å². The van der Waals surface area contributed by atoms with E-state index < -0.39 is 26.0 Å². The number of nitrogens with one attached hydrogen (secondary N) is 2. The number of hydrogen-bond donors (Lipinski definition) is 2. The highest BCUT2D eigenvalue weighted by atomic mass is 35.5. The van der Waals surface area contributed by atoms with Gasteiger partial charge >= 0.3 is 0 Å². The van der Waals surface area contributed by atoms with Crippen LogP contribution in [0, 0.1) is 6.92 Å². The first-order chi connectivity index (χ1) is 15.4. The zero-order valence-corrected chi connectivity index (χ0v) is 20.4. The Bertz CT molecular complexity index is 1420. The maximum Gasteiger partial charge on any atom is 0.263 e. The largest absolute Gasteiger partial charge is 0.322 e. The van der Waals surface area contributed by atoms with E-state index in [9.17, 15) is 21.6 Å². The van der Waals surface area contributed by atoms with E-state index >= 15 is 0 Å². The highest BCUT2D eigenvalue weighted by Gasteiger charge is 2.21. The van der Waals surface area contributed by atoms with Crippen LogP contribution in [0.5, 0.6) is 0 Å². The number of halogens is 1. The van der Waals surface area contributed by atoms with Crippen molar-refractivity contribution in [2.75, 3.05) is 27.6 Å². The summed E-state index contributed by atoms with van der Waals surface area (Å²) in [4.78, 5) is 12.5. The van der Waals surface area contributed by atoms with Gasteiger partial charge in [-0.15, -0.1) is 0 Å². The molecule has 2 N–H and O–H groups in total. The van der Waals surface area contributed by atoms with Crippen molar-refractivity contribution in [1.82, 2.24) is 0 Å². The van der Waals surface area contributed by atoms with Crippen LogP contribution in [0.15, 0.2) is 71.6 Å². The van der Waals surface area contributed by atoms with Gasteiger partial charge in [-0.05, 0) is 55.0 Å². The van der Waals surface area contributed by atoms with Crippen molar-refractivity contribution in [1.29, 1.82) is 0 Å². The van der Waals surface area contributed by atoms with Gasteiger partial charge in [0.1, 0.15) is 4.90 Å². The van der Waals surface area contributed by atoms with Crippen LogP contribution in [-0.4, -0.2) is 36.0 Å². The van der Waals surface area contributed by atoms with Crippen molar-refractivity contribution in [3.63, 3.8) is 0 Å². The predicted molar refractivity (Wildman–Crippen MR) is 131 cm³/mol. The van der Waals surface area contributed by atoms with Crippen LogP contribution in [0.25, 0.3) is 0 Å². The number of para-hydroxylation sites is 1. The molecule has 0 saturated heterocycles. The Morgan fingerprint density at radius 2 is 1.64 bits per heavy atom. The molecular formula is C22H22ClN3O5S2. The minimum atomic E-state index is -4.07. The van der Waals surface area contributed by atoms with Gasteiger partial charge in [0.05, 0.1) is 22.7 Å². The summed E-state index contributed by atoms with van der Waals surface area (Å²) in [5.74, 6) is -0.585. The minimum Gasteiger partial charge on any atom is -0.322 e. The second kappa shape index (κ2) is 9.42. The van der Waals surface area contributed by atoms with E-state index in [0.717, 1.165) is 16.1 Å². The van der Waals surface area contributed by atoms with Crippen LogP contribution in [-0.2, 0) is 20.0 Å². The Hall–Kier alpha value is -3.08. The third-order valence-corrected chi connectivity index (χ3v) is 7.89. The molecule has 0 radical (unpaired) electrons. The molecule has 1 amide bonds. The van der Waals surface area contributed by atoms with E-state index in [-0.39, 0.29) is 15.5 Å². The molecule has 3 aromatic rings. The number of rotatable bonds is 7. The first-order valence-electron chi connectivity index (χ1n) is 9.62. The van der Waals surface area contributed by atoms with Crippen LogP contribution < -0.4 is 14.3 Å². The third kappa shape index (κ3) is 5.84. The van der Waals surface area contributed by atoms with Gasteiger partial charge in [-0.3, -0.25) is 13.8 Å². The quantitative estimate of drug-likeness (QED) is 0.500. The second-order valence-electron chi connectivity index (χ2n) is 7.30. The topological polar surface area (TPSA) is 113 Å². The molecule has 0 spiro atoms. The van der Waals surface area contributed by atoms with Gasteiger partial charge in [0.15, 0.2) is 0 Å². The fourth-order valence-corrected chi connectivity index (χ4v) is 5.07. The summed E-state index contributed by atoms with van der Waals surface area (Å²) in [5, 5.41) is 2.61. The van der Waals surface area contributed by atoms with Crippen LogP contribution in [0.2, 0.25) is 5.02 Å². The summed E-state index contributed by atoms with van der Waals surface area (Å²) >= 11 is 6.14. The molecule has 0 saturated carbocycles. The molecule has 0 aliphatic carbocycles. The molecule has 0 aromatic heterocycles. The molecule has 0 bridgehead atoms. The molecule has 0 aliphatic heterocycles. The maximum atomic E-state index is 12.9. The van der Waals surface area contributed by atoms with E-state index in [4.69, 9.17) is 11.6 Å². The zero-order chi connectivity index (χ0) is 24.4. The van der Waals surface area contributed by atoms with Crippen molar-refractivity contribution in [3.05, 3.63) is 82.9 Å². The number of anilines is 3.